The molecule has 2 aromatic heterocycles. The number of amides is 1. The molecule has 0 N–H and O–H groups in total. The summed E-state index contributed by atoms with van der Waals surface area (Å²) in [6.07, 6.45) is 1.99. The van der Waals surface area contributed by atoms with Crippen molar-refractivity contribution in [3.63, 3.8) is 0 Å². The molecule has 0 bridgehead atoms. The molecule has 4 heterocycles. The number of aryl methyl sites for hydroxylation is 1. The Bertz CT molecular complexity index is 1420. The molecule has 3 atom stereocenters. The third kappa shape index (κ3) is 4.58. The fraction of sp³-hybridized carbons (Fsp3) is 0.429. The van der Waals surface area contributed by atoms with Gasteiger partial charge in [0, 0.05) is 51.4 Å². The van der Waals surface area contributed by atoms with Crippen LogP contribution in [0.4, 0.5) is 10.1 Å². The third-order valence-corrected chi connectivity index (χ3v) is 7.70. The minimum absolute atomic E-state index is 0.0453. The van der Waals surface area contributed by atoms with Crippen LogP contribution in [0.25, 0.3) is 11.0 Å². The van der Waals surface area contributed by atoms with Crippen molar-refractivity contribution in [2.45, 2.75) is 44.8 Å². The average Bonchev–Trinajstić information content (AvgIpc) is 3.44. The fourth-order valence-corrected chi connectivity index (χ4v) is 5.67. The number of carbonyl (C=O) groups is 1. The number of nitriles is 1. The van der Waals surface area contributed by atoms with E-state index in [4.69, 9.17) is 0 Å². The van der Waals surface area contributed by atoms with Crippen molar-refractivity contribution in [1.82, 2.24) is 19.4 Å². The van der Waals surface area contributed by atoms with Crippen molar-refractivity contribution in [2.24, 2.45) is 7.05 Å². The molecule has 0 aliphatic carbocycles. The van der Waals surface area contributed by atoms with Gasteiger partial charge in [-0.25, -0.2) is 9.37 Å². The first-order valence-electron chi connectivity index (χ1n) is 12.8. The van der Waals surface area contributed by atoms with Crippen molar-refractivity contribution >= 4 is 22.6 Å². The molecular weight excluding hydrogens is 471 g/mol. The van der Waals surface area contributed by atoms with Crippen molar-refractivity contribution in [2.75, 3.05) is 31.1 Å². The van der Waals surface area contributed by atoms with Gasteiger partial charge in [-0.2, -0.15) is 5.26 Å². The van der Waals surface area contributed by atoms with E-state index in [-0.39, 0.29) is 29.4 Å². The van der Waals surface area contributed by atoms with Gasteiger partial charge >= 0.3 is 0 Å². The van der Waals surface area contributed by atoms with Crippen LogP contribution in [0.1, 0.15) is 44.0 Å². The lowest BCUT2D eigenvalue weighted by atomic mass is 9.97. The summed E-state index contributed by atoms with van der Waals surface area (Å²) in [5.74, 6) is -0.278. The number of fused-ring (bicyclic) bond motifs is 1. The lowest BCUT2D eigenvalue weighted by Crippen LogP contribution is -2.59. The van der Waals surface area contributed by atoms with E-state index in [2.05, 4.69) is 34.7 Å². The summed E-state index contributed by atoms with van der Waals surface area (Å²) in [6.45, 7) is 6.76. The maximum atomic E-state index is 13.8. The summed E-state index contributed by atoms with van der Waals surface area (Å²) in [7, 11) is 1.70. The minimum Gasteiger partial charge on any atom is -0.364 e. The zero-order valence-corrected chi connectivity index (χ0v) is 21.4. The Morgan fingerprint density at radius 2 is 1.78 bits per heavy atom. The second-order valence-electron chi connectivity index (χ2n) is 10.1. The molecule has 3 aromatic rings. The third-order valence-electron chi connectivity index (χ3n) is 7.70. The van der Waals surface area contributed by atoms with Gasteiger partial charge < -0.3 is 14.4 Å². The topological polar surface area (TPSA) is 85.5 Å². The summed E-state index contributed by atoms with van der Waals surface area (Å²) in [4.78, 5) is 37.4. The molecule has 0 radical (unpaired) electrons. The van der Waals surface area contributed by atoms with E-state index in [9.17, 15) is 19.2 Å². The number of benzene rings is 1. The van der Waals surface area contributed by atoms with Crippen LogP contribution in [-0.2, 0) is 11.8 Å². The van der Waals surface area contributed by atoms with E-state index >= 15 is 0 Å². The van der Waals surface area contributed by atoms with Gasteiger partial charge in [-0.1, -0.05) is 12.1 Å². The molecule has 192 valence electrons. The number of pyridine rings is 2. The second-order valence-corrected chi connectivity index (χ2v) is 10.1. The molecule has 2 saturated heterocycles. The lowest BCUT2D eigenvalue weighted by Gasteiger charge is -2.48. The molecule has 1 unspecified atom stereocenters. The Balaban J connectivity index is 1.52. The Morgan fingerprint density at radius 3 is 2.46 bits per heavy atom. The number of hydrogen-bond donors (Lipinski definition) is 0. The molecule has 0 spiro atoms. The van der Waals surface area contributed by atoms with Crippen LogP contribution in [0.2, 0.25) is 0 Å². The van der Waals surface area contributed by atoms with Crippen LogP contribution >= 0.6 is 0 Å². The van der Waals surface area contributed by atoms with Crippen molar-refractivity contribution in [3.05, 3.63) is 69.9 Å². The van der Waals surface area contributed by atoms with E-state index < -0.39 is 6.04 Å². The predicted molar refractivity (Wildman–Crippen MR) is 140 cm³/mol. The van der Waals surface area contributed by atoms with E-state index in [0.29, 0.717) is 35.5 Å². The first-order chi connectivity index (χ1) is 17.8. The Kier molecular flexibility index (Phi) is 6.69. The molecule has 37 heavy (non-hydrogen) atoms. The standard InChI is InChI=1S/C28H31FN6O2/c1-18-17-35(27(20-6-8-21(29)9-7-20)28(37)33-12-4-5-13-33)19(2)16-34(18)24-14-25(36)32(3)23-11-10-22(15-30)31-26(23)24/h6-11,14,18-19,27H,4-5,12-13,16-17H2,1-3H3/t18-,19+,27?/m0/s1. The number of piperazine rings is 1. The van der Waals surface area contributed by atoms with Gasteiger partial charge in [0.15, 0.2) is 0 Å². The lowest BCUT2D eigenvalue weighted by molar-refractivity contribution is -0.137. The Labute approximate surface area is 215 Å². The molecule has 2 fully saturated rings. The van der Waals surface area contributed by atoms with Crippen LogP contribution in [0, 0.1) is 17.1 Å². The molecule has 0 saturated carbocycles. The molecule has 2 aliphatic heterocycles. The summed E-state index contributed by atoms with van der Waals surface area (Å²) < 4.78 is 15.3. The molecule has 5 rings (SSSR count). The predicted octanol–water partition coefficient (Wildman–Crippen LogP) is 3.21. The number of carbonyl (C=O) groups excluding carboxylic acids is 1. The highest BCUT2D eigenvalue weighted by Gasteiger charge is 2.40. The molecule has 8 nitrogen and oxygen atoms in total. The molecule has 9 heteroatoms. The van der Waals surface area contributed by atoms with E-state index in [1.54, 1.807) is 37.4 Å². The molecule has 1 amide bonds. The highest BCUT2D eigenvalue weighted by molar-refractivity contribution is 5.89. The number of nitrogens with zero attached hydrogens (tertiary/aromatic N) is 6. The summed E-state index contributed by atoms with van der Waals surface area (Å²) >= 11 is 0. The van der Waals surface area contributed by atoms with Crippen LogP contribution in [0.3, 0.4) is 0 Å². The average molecular weight is 503 g/mol. The van der Waals surface area contributed by atoms with Crippen LogP contribution < -0.4 is 10.5 Å². The monoisotopic (exact) mass is 502 g/mol. The Morgan fingerprint density at radius 1 is 1.08 bits per heavy atom. The van der Waals surface area contributed by atoms with Crippen molar-refractivity contribution < 1.29 is 9.18 Å². The number of halogens is 1. The summed E-state index contributed by atoms with van der Waals surface area (Å²) in [5.41, 5.74) is 2.89. The van der Waals surface area contributed by atoms with E-state index in [1.807, 2.05) is 4.90 Å². The summed E-state index contributed by atoms with van der Waals surface area (Å²) in [5, 5.41) is 9.42. The molecule has 1 aromatic carbocycles. The van der Waals surface area contributed by atoms with Crippen LogP contribution in [0.15, 0.2) is 47.3 Å². The quantitative estimate of drug-likeness (QED) is 0.545. The van der Waals surface area contributed by atoms with Crippen molar-refractivity contribution in [1.29, 1.82) is 5.26 Å². The van der Waals surface area contributed by atoms with Crippen LogP contribution in [-0.4, -0.2) is 63.5 Å². The largest absolute Gasteiger partial charge is 0.364 e. The Hall–Kier alpha value is -3.77. The second kappa shape index (κ2) is 9.94. The first kappa shape index (κ1) is 24.9. The van der Waals surface area contributed by atoms with Crippen LogP contribution in [0.5, 0.6) is 0 Å². The highest BCUT2D eigenvalue weighted by Crippen LogP contribution is 2.34. The SMILES string of the molecule is C[C@@H]1CN(c2cc(=O)n(C)c3ccc(C#N)nc23)[C@@H](C)CN1C(C(=O)N1CCCC1)c1ccc(F)cc1. The maximum Gasteiger partial charge on any atom is 0.252 e. The smallest absolute Gasteiger partial charge is 0.252 e. The number of likely N-dealkylation sites (tertiary alicyclic amines) is 1. The molecular formula is C28H31FN6O2. The maximum absolute atomic E-state index is 13.8. The van der Waals surface area contributed by atoms with E-state index in [0.717, 1.165) is 31.5 Å². The van der Waals surface area contributed by atoms with Gasteiger partial charge in [-0.3, -0.25) is 14.5 Å². The van der Waals surface area contributed by atoms with Gasteiger partial charge in [0.25, 0.3) is 5.56 Å². The number of hydrogen-bond acceptors (Lipinski definition) is 6. The van der Waals surface area contributed by atoms with Crippen molar-refractivity contribution in [3.8, 4) is 6.07 Å². The van der Waals surface area contributed by atoms with Gasteiger partial charge in [-0.05, 0) is 56.5 Å². The minimum atomic E-state index is -0.512. The zero-order valence-electron chi connectivity index (χ0n) is 21.4. The van der Waals surface area contributed by atoms with Gasteiger partial charge in [-0.15, -0.1) is 0 Å². The normalized spacial score (nSPS) is 21.3. The fourth-order valence-electron chi connectivity index (χ4n) is 5.67. The molecule has 2 aliphatic rings. The van der Waals surface area contributed by atoms with E-state index in [1.165, 1.54) is 16.7 Å². The zero-order chi connectivity index (χ0) is 26.3. The number of rotatable bonds is 4. The van der Waals surface area contributed by atoms with Gasteiger partial charge in [0.2, 0.25) is 5.91 Å². The number of aromatic nitrogens is 2. The summed E-state index contributed by atoms with van der Waals surface area (Å²) in [6, 6.07) is 12.7. The highest BCUT2D eigenvalue weighted by atomic mass is 19.1. The first-order valence-corrected chi connectivity index (χ1v) is 12.8. The van der Waals surface area contributed by atoms with Gasteiger partial charge in [0.05, 0.1) is 11.2 Å². The van der Waals surface area contributed by atoms with Gasteiger partial charge in [0.1, 0.15) is 29.1 Å². The number of anilines is 1.